The molecule has 0 heterocycles. The zero-order chi connectivity index (χ0) is 13.0. The number of anilines is 1. The van der Waals surface area contributed by atoms with Crippen LogP contribution in [0.1, 0.15) is 32.6 Å². The van der Waals surface area contributed by atoms with Gasteiger partial charge in [-0.3, -0.25) is 0 Å². The first-order valence-electron chi connectivity index (χ1n) is 6.51. The maximum Gasteiger partial charge on any atom is 0.141 e. The average Bonchev–Trinajstić information content (AvgIpc) is 2.39. The molecule has 3 nitrogen and oxygen atoms in total. The summed E-state index contributed by atoms with van der Waals surface area (Å²) in [5.74, 6) is 1.39. The summed E-state index contributed by atoms with van der Waals surface area (Å²) >= 11 is 0. The van der Waals surface area contributed by atoms with Gasteiger partial charge in [0, 0.05) is 0 Å². The Labute approximate surface area is 109 Å². The highest BCUT2D eigenvalue weighted by molar-refractivity contribution is 5.58. The second-order valence-electron chi connectivity index (χ2n) is 5.22. The molecule has 1 saturated carbocycles. The number of nitrogens with one attached hydrogen (secondary N) is 1. The van der Waals surface area contributed by atoms with E-state index in [0.717, 1.165) is 30.7 Å². The Hall–Kier alpha value is -1.69. The summed E-state index contributed by atoms with van der Waals surface area (Å²) in [4.78, 5) is 0. The zero-order valence-corrected chi connectivity index (χ0v) is 11.1. The van der Waals surface area contributed by atoms with Crippen LogP contribution in [0.2, 0.25) is 0 Å². The van der Waals surface area contributed by atoms with Crippen LogP contribution in [0.25, 0.3) is 0 Å². The Morgan fingerprint density at radius 2 is 2.22 bits per heavy atom. The van der Waals surface area contributed by atoms with Crippen molar-refractivity contribution in [3.05, 3.63) is 24.3 Å². The van der Waals surface area contributed by atoms with Crippen LogP contribution in [0.15, 0.2) is 24.3 Å². The molecule has 2 unspecified atom stereocenters. The largest absolute Gasteiger partial charge is 0.495 e. The second-order valence-corrected chi connectivity index (χ2v) is 5.22. The van der Waals surface area contributed by atoms with Gasteiger partial charge in [0.1, 0.15) is 11.3 Å². The normalized spacial score (nSPS) is 27.3. The molecular formula is C15H20N2O. The molecule has 0 saturated heterocycles. The lowest BCUT2D eigenvalue weighted by molar-refractivity contribution is 0.307. The molecule has 1 aromatic carbocycles. The van der Waals surface area contributed by atoms with E-state index in [-0.39, 0.29) is 0 Å². The Morgan fingerprint density at radius 3 is 2.89 bits per heavy atom. The molecule has 1 aliphatic rings. The lowest BCUT2D eigenvalue weighted by atomic mass is 9.77. The van der Waals surface area contributed by atoms with Gasteiger partial charge in [-0.15, -0.1) is 0 Å². The van der Waals surface area contributed by atoms with Crippen LogP contribution in [-0.4, -0.2) is 12.6 Å². The van der Waals surface area contributed by atoms with E-state index in [9.17, 15) is 5.26 Å². The summed E-state index contributed by atoms with van der Waals surface area (Å²) in [6.07, 6.45) is 4.14. The molecule has 1 aliphatic carbocycles. The number of benzene rings is 1. The number of methoxy groups -OCH3 is 1. The summed E-state index contributed by atoms with van der Waals surface area (Å²) in [5, 5.41) is 12.9. The fraction of sp³-hybridized carbons (Fsp3) is 0.533. The van der Waals surface area contributed by atoms with Crippen molar-refractivity contribution in [3.8, 4) is 11.8 Å². The Bertz CT molecular complexity index is 452. The summed E-state index contributed by atoms with van der Waals surface area (Å²) in [7, 11) is 1.66. The minimum absolute atomic E-state index is 0.438. The highest BCUT2D eigenvalue weighted by Crippen LogP contribution is 2.36. The van der Waals surface area contributed by atoms with E-state index >= 15 is 0 Å². The van der Waals surface area contributed by atoms with Gasteiger partial charge in [0.05, 0.1) is 18.9 Å². The molecule has 2 atom stereocenters. The summed E-state index contributed by atoms with van der Waals surface area (Å²) in [6, 6.07) is 10.3. The molecule has 0 aliphatic heterocycles. The van der Waals surface area contributed by atoms with Gasteiger partial charge in [-0.2, -0.15) is 5.26 Å². The van der Waals surface area contributed by atoms with Crippen molar-refractivity contribution >= 4 is 5.69 Å². The molecule has 1 aromatic rings. The predicted molar refractivity (Wildman–Crippen MR) is 72.6 cm³/mol. The van der Waals surface area contributed by atoms with Gasteiger partial charge in [0.15, 0.2) is 0 Å². The monoisotopic (exact) mass is 244 g/mol. The molecule has 1 N–H and O–H groups in total. The van der Waals surface area contributed by atoms with Gasteiger partial charge >= 0.3 is 0 Å². The quantitative estimate of drug-likeness (QED) is 0.884. The highest BCUT2D eigenvalue weighted by Gasteiger charge is 2.35. The molecule has 96 valence electrons. The van der Waals surface area contributed by atoms with Crippen LogP contribution in [-0.2, 0) is 0 Å². The molecule has 0 spiro atoms. The van der Waals surface area contributed by atoms with Crippen molar-refractivity contribution in [1.29, 1.82) is 5.26 Å². The SMILES string of the molecule is COc1ccccc1NC1(C#N)CCCC(C)C1. The van der Waals surface area contributed by atoms with Gasteiger partial charge in [-0.05, 0) is 37.3 Å². The van der Waals surface area contributed by atoms with Crippen molar-refractivity contribution in [2.45, 2.75) is 38.1 Å². The molecule has 0 amide bonds. The predicted octanol–water partition coefficient (Wildman–Crippen LogP) is 3.58. The van der Waals surface area contributed by atoms with Gasteiger partial charge in [0.2, 0.25) is 0 Å². The van der Waals surface area contributed by atoms with Crippen LogP contribution in [0.5, 0.6) is 5.75 Å². The van der Waals surface area contributed by atoms with E-state index < -0.39 is 5.54 Å². The summed E-state index contributed by atoms with van der Waals surface area (Å²) < 4.78 is 5.33. The molecule has 0 aromatic heterocycles. The van der Waals surface area contributed by atoms with E-state index in [4.69, 9.17) is 4.74 Å². The van der Waals surface area contributed by atoms with E-state index in [1.165, 1.54) is 6.42 Å². The lowest BCUT2D eigenvalue weighted by Gasteiger charge is -2.36. The highest BCUT2D eigenvalue weighted by atomic mass is 16.5. The van der Waals surface area contributed by atoms with Crippen LogP contribution in [0.3, 0.4) is 0 Å². The van der Waals surface area contributed by atoms with Crippen molar-refractivity contribution in [3.63, 3.8) is 0 Å². The van der Waals surface area contributed by atoms with E-state index in [1.807, 2.05) is 24.3 Å². The number of para-hydroxylation sites is 2. The number of nitrogens with zero attached hydrogens (tertiary/aromatic N) is 1. The third-order valence-electron chi connectivity index (χ3n) is 3.69. The van der Waals surface area contributed by atoms with E-state index in [2.05, 4.69) is 18.3 Å². The number of hydrogen-bond acceptors (Lipinski definition) is 3. The molecule has 18 heavy (non-hydrogen) atoms. The Kier molecular flexibility index (Phi) is 3.76. The van der Waals surface area contributed by atoms with Gasteiger partial charge in [-0.25, -0.2) is 0 Å². The topological polar surface area (TPSA) is 45.0 Å². The molecule has 0 radical (unpaired) electrons. The maximum atomic E-state index is 9.53. The third kappa shape index (κ3) is 2.59. The van der Waals surface area contributed by atoms with Crippen LogP contribution in [0, 0.1) is 17.2 Å². The maximum absolute atomic E-state index is 9.53. The Balaban J connectivity index is 2.22. The van der Waals surface area contributed by atoms with Gasteiger partial charge < -0.3 is 10.1 Å². The Morgan fingerprint density at radius 1 is 1.44 bits per heavy atom. The number of ether oxygens (including phenoxy) is 1. The first-order valence-corrected chi connectivity index (χ1v) is 6.51. The standard InChI is InChI=1S/C15H20N2O/c1-12-6-5-9-15(10-12,11-16)17-13-7-3-4-8-14(13)18-2/h3-4,7-8,12,17H,5-6,9-10H2,1-2H3. The lowest BCUT2D eigenvalue weighted by Crippen LogP contribution is -2.41. The fourth-order valence-corrected chi connectivity index (χ4v) is 2.80. The van der Waals surface area contributed by atoms with Crippen molar-refractivity contribution < 1.29 is 4.74 Å². The zero-order valence-electron chi connectivity index (χ0n) is 11.1. The number of hydrogen-bond donors (Lipinski definition) is 1. The number of nitriles is 1. The van der Waals surface area contributed by atoms with Crippen LogP contribution in [0.4, 0.5) is 5.69 Å². The minimum atomic E-state index is -0.438. The molecule has 3 heteroatoms. The van der Waals surface area contributed by atoms with Crippen molar-refractivity contribution in [2.24, 2.45) is 5.92 Å². The average molecular weight is 244 g/mol. The summed E-state index contributed by atoms with van der Waals surface area (Å²) in [6.45, 7) is 2.22. The molecule has 2 rings (SSSR count). The summed E-state index contributed by atoms with van der Waals surface area (Å²) in [5.41, 5.74) is 0.474. The third-order valence-corrected chi connectivity index (χ3v) is 3.69. The first kappa shape index (κ1) is 12.8. The minimum Gasteiger partial charge on any atom is -0.495 e. The molecule has 1 fully saturated rings. The molecule has 0 bridgehead atoms. The first-order chi connectivity index (χ1) is 8.69. The van der Waals surface area contributed by atoms with Gasteiger partial charge in [-0.1, -0.05) is 25.5 Å². The smallest absolute Gasteiger partial charge is 0.141 e. The van der Waals surface area contributed by atoms with Crippen molar-refractivity contribution in [2.75, 3.05) is 12.4 Å². The fourth-order valence-electron chi connectivity index (χ4n) is 2.80. The number of rotatable bonds is 3. The van der Waals surface area contributed by atoms with Crippen molar-refractivity contribution in [1.82, 2.24) is 0 Å². The van der Waals surface area contributed by atoms with E-state index in [1.54, 1.807) is 7.11 Å². The molecular weight excluding hydrogens is 224 g/mol. The van der Waals surface area contributed by atoms with Crippen LogP contribution >= 0.6 is 0 Å². The van der Waals surface area contributed by atoms with Crippen LogP contribution < -0.4 is 10.1 Å². The van der Waals surface area contributed by atoms with E-state index in [0.29, 0.717) is 5.92 Å². The van der Waals surface area contributed by atoms with Gasteiger partial charge in [0.25, 0.3) is 0 Å². The second kappa shape index (κ2) is 5.30.